The molecule has 0 saturated carbocycles. The van der Waals surface area contributed by atoms with E-state index in [2.05, 4.69) is 37.3 Å². The second kappa shape index (κ2) is 13.2. The maximum atomic E-state index is 2.31. The van der Waals surface area contributed by atoms with Gasteiger partial charge in [-0.2, -0.15) is 0 Å². The van der Waals surface area contributed by atoms with Gasteiger partial charge in [0.05, 0.1) is 0 Å². The third-order valence-corrected chi connectivity index (χ3v) is 2.35. The van der Waals surface area contributed by atoms with Gasteiger partial charge >= 0.3 is 0 Å². The molecule has 0 aliphatic carbocycles. The summed E-state index contributed by atoms with van der Waals surface area (Å²) < 4.78 is 0. The number of unbranched alkanes of at least 4 members (excludes halogenated alkanes) is 5. The topological polar surface area (TPSA) is 0 Å². The van der Waals surface area contributed by atoms with Gasteiger partial charge < -0.3 is 0 Å². The first-order chi connectivity index (χ1) is 7.41. The molecule has 0 unspecified atom stereocenters. The van der Waals surface area contributed by atoms with Crippen molar-refractivity contribution in [1.82, 2.24) is 0 Å². The van der Waals surface area contributed by atoms with E-state index in [1.165, 1.54) is 38.5 Å². The van der Waals surface area contributed by atoms with Gasteiger partial charge in [-0.3, -0.25) is 0 Å². The van der Waals surface area contributed by atoms with Gasteiger partial charge in [0.2, 0.25) is 0 Å². The highest BCUT2D eigenvalue weighted by atomic mass is 13.9. The maximum absolute atomic E-state index is 2.31. The van der Waals surface area contributed by atoms with Crippen molar-refractivity contribution >= 4 is 0 Å². The minimum atomic E-state index is 1.07. The Labute approximate surface area is 95.8 Å². The summed E-state index contributed by atoms with van der Waals surface area (Å²) in [6.07, 6.45) is 22.2. The first-order valence-electron chi connectivity index (χ1n) is 6.34. The van der Waals surface area contributed by atoms with E-state index in [0.29, 0.717) is 0 Å². The lowest BCUT2D eigenvalue weighted by atomic mass is 10.1. The predicted molar refractivity (Wildman–Crippen MR) is 71.1 cm³/mol. The molecule has 0 radical (unpaired) electrons. The van der Waals surface area contributed by atoms with Crippen LogP contribution < -0.4 is 0 Å². The third kappa shape index (κ3) is 13.2. The Morgan fingerprint density at radius 2 is 1.60 bits per heavy atom. The van der Waals surface area contributed by atoms with Crippen molar-refractivity contribution < 1.29 is 0 Å². The quantitative estimate of drug-likeness (QED) is 0.268. The lowest BCUT2D eigenvalue weighted by Gasteiger charge is -1.95. The van der Waals surface area contributed by atoms with Crippen molar-refractivity contribution in [2.24, 2.45) is 0 Å². The fraction of sp³-hybridized carbons (Fsp3) is 0.600. The van der Waals surface area contributed by atoms with Crippen LogP contribution in [0.15, 0.2) is 36.5 Å². The Balaban J connectivity index is 3.17. The van der Waals surface area contributed by atoms with Crippen LogP contribution in [0.1, 0.15) is 58.8 Å². The zero-order chi connectivity index (χ0) is 11.2. The van der Waals surface area contributed by atoms with Crippen LogP contribution in [0.4, 0.5) is 0 Å². The molecular formula is C15H26. The second-order valence-electron chi connectivity index (χ2n) is 3.86. The molecule has 0 fully saturated rings. The van der Waals surface area contributed by atoms with E-state index >= 15 is 0 Å². The number of hydrogen-bond donors (Lipinski definition) is 0. The van der Waals surface area contributed by atoms with Crippen LogP contribution in [0.3, 0.4) is 0 Å². The SMILES string of the molecule is CC=CC=CCC=CCCCCCCC. The van der Waals surface area contributed by atoms with Gasteiger partial charge in [0.15, 0.2) is 0 Å². The summed E-state index contributed by atoms with van der Waals surface area (Å²) in [4.78, 5) is 0. The van der Waals surface area contributed by atoms with Crippen molar-refractivity contribution in [2.45, 2.75) is 58.8 Å². The summed E-state index contributed by atoms with van der Waals surface area (Å²) in [5.41, 5.74) is 0. The molecule has 0 aliphatic heterocycles. The highest BCUT2D eigenvalue weighted by molar-refractivity contribution is 5.03. The molecule has 0 nitrogen and oxygen atoms in total. The van der Waals surface area contributed by atoms with E-state index in [1.54, 1.807) is 0 Å². The molecule has 0 aliphatic rings. The van der Waals surface area contributed by atoms with Crippen molar-refractivity contribution in [3.8, 4) is 0 Å². The van der Waals surface area contributed by atoms with Gasteiger partial charge in [-0.15, -0.1) is 0 Å². The lowest BCUT2D eigenvalue weighted by molar-refractivity contribution is 0.637. The first-order valence-corrected chi connectivity index (χ1v) is 6.34. The molecule has 0 heterocycles. The maximum Gasteiger partial charge on any atom is -0.0166 e. The molecule has 0 amide bonds. The Hall–Kier alpha value is -0.780. The highest BCUT2D eigenvalue weighted by Crippen LogP contribution is 2.05. The van der Waals surface area contributed by atoms with Crippen LogP contribution in [0.2, 0.25) is 0 Å². The number of allylic oxidation sites excluding steroid dienone is 6. The van der Waals surface area contributed by atoms with Gasteiger partial charge in [-0.1, -0.05) is 69.1 Å². The van der Waals surface area contributed by atoms with Crippen LogP contribution in [0.5, 0.6) is 0 Å². The van der Waals surface area contributed by atoms with Gasteiger partial charge in [0.25, 0.3) is 0 Å². The molecule has 0 saturated heterocycles. The van der Waals surface area contributed by atoms with Gasteiger partial charge in [-0.05, 0) is 26.2 Å². The molecule has 15 heavy (non-hydrogen) atoms. The van der Waals surface area contributed by atoms with Crippen LogP contribution in [0, 0.1) is 0 Å². The smallest absolute Gasteiger partial charge is 0.0166 e. The molecular weight excluding hydrogens is 180 g/mol. The molecule has 0 bridgehead atoms. The molecule has 0 aromatic rings. The molecule has 0 spiro atoms. The van der Waals surface area contributed by atoms with E-state index in [1.807, 2.05) is 13.0 Å². The average Bonchev–Trinajstić information content (AvgIpc) is 2.26. The predicted octanol–water partition coefficient (Wildman–Crippen LogP) is 5.43. The van der Waals surface area contributed by atoms with E-state index < -0.39 is 0 Å². The molecule has 86 valence electrons. The number of hydrogen-bond acceptors (Lipinski definition) is 0. The number of rotatable bonds is 9. The fourth-order valence-electron chi connectivity index (χ4n) is 1.43. The van der Waals surface area contributed by atoms with Crippen molar-refractivity contribution in [3.05, 3.63) is 36.5 Å². The third-order valence-electron chi connectivity index (χ3n) is 2.35. The van der Waals surface area contributed by atoms with Gasteiger partial charge in [0, 0.05) is 0 Å². The minimum Gasteiger partial charge on any atom is -0.0882 e. The van der Waals surface area contributed by atoms with E-state index in [-0.39, 0.29) is 0 Å². The molecule has 0 N–H and O–H groups in total. The zero-order valence-electron chi connectivity index (χ0n) is 10.4. The van der Waals surface area contributed by atoms with Crippen LogP contribution in [-0.2, 0) is 0 Å². The summed E-state index contributed by atoms with van der Waals surface area (Å²) >= 11 is 0. The van der Waals surface area contributed by atoms with Crippen molar-refractivity contribution in [2.75, 3.05) is 0 Å². The van der Waals surface area contributed by atoms with Gasteiger partial charge in [0.1, 0.15) is 0 Å². The minimum absolute atomic E-state index is 1.07. The monoisotopic (exact) mass is 206 g/mol. The first kappa shape index (κ1) is 14.2. The van der Waals surface area contributed by atoms with Crippen LogP contribution >= 0.6 is 0 Å². The van der Waals surface area contributed by atoms with Crippen LogP contribution in [0.25, 0.3) is 0 Å². The Bertz CT molecular complexity index is 184. The van der Waals surface area contributed by atoms with E-state index in [9.17, 15) is 0 Å². The van der Waals surface area contributed by atoms with Crippen LogP contribution in [-0.4, -0.2) is 0 Å². The Morgan fingerprint density at radius 3 is 2.33 bits per heavy atom. The summed E-state index contributed by atoms with van der Waals surface area (Å²) in [7, 11) is 0. The summed E-state index contributed by atoms with van der Waals surface area (Å²) in [5.74, 6) is 0. The van der Waals surface area contributed by atoms with Crippen molar-refractivity contribution in [3.63, 3.8) is 0 Å². The Morgan fingerprint density at radius 1 is 0.800 bits per heavy atom. The standard InChI is InChI=1S/C15H26/c1-3-5-7-9-11-13-15-14-12-10-8-6-4-2/h3,5,7,9,13,15H,4,6,8,10-12,14H2,1-2H3. The molecule has 0 aromatic heterocycles. The normalized spacial score (nSPS) is 12.4. The van der Waals surface area contributed by atoms with Gasteiger partial charge in [-0.25, -0.2) is 0 Å². The Kier molecular flexibility index (Phi) is 12.5. The summed E-state index contributed by atoms with van der Waals surface area (Å²) in [6, 6.07) is 0. The van der Waals surface area contributed by atoms with Crippen molar-refractivity contribution in [1.29, 1.82) is 0 Å². The fourth-order valence-corrected chi connectivity index (χ4v) is 1.43. The largest absolute Gasteiger partial charge is 0.0882 e. The average molecular weight is 206 g/mol. The molecule has 0 heteroatoms. The second-order valence-corrected chi connectivity index (χ2v) is 3.86. The zero-order valence-corrected chi connectivity index (χ0v) is 10.4. The molecule has 0 aromatic carbocycles. The molecule has 0 rings (SSSR count). The lowest BCUT2D eigenvalue weighted by Crippen LogP contribution is -1.75. The van der Waals surface area contributed by atoms with E-state index in [4.69, 9.17) is 0 Å². The summed E-state index contributed by atoms with van der Waals surface area (Å²) in [5, 5.41) is 0. The highest BCUT2D eigenvalue weighted by Gasteiger charge is 1.85. The molecule has 0 atom stereocenters. The summed E-state index contributed by atoms with van der Waals surface area (Å²) in [6.45, 7) is 4.30. The van der Waals surface area contributed by atoms with E-state index in [0.717, 1.165) is 6.42 Å².